The van der Waals surface area contributed by atoms with Crippen LogP contribution in [0.15, 0.2) is 0 Å². The van der Waals surface area contributed by atoms with Crippen LogP contribution in [0.4, 0.5) is 0 Å². The zero-order valence-electron chi connectivity index (χ0n) is 9.84. The van der Waals surface area contributed by atoms with Crippen molar-refractivity contribution in [3.8, 4) is 0 Å². The summed E-state index contributed by atoms with van der Waals surface area (Å²) in [4.78, 5) is 12.7. The zero-order chi connectivity index (χ0) is 11.8. The summed E-state index contributed by atoms with van der Waals surface area (Å²) in [7, 11) is 0. The molecule has 0 spiro atoms. The van der Waals surface area contributed by atoms with E-state index in [4.69, 9.17) is 18.0 Å². The second-order valence-electron chi connectivity index (χ2n) is 5.24. The number of thiocarbonyl (C=S) groups is 1. The molecule has 2 aliphatic rings. The molecule has 0 saturated heterocycles. The highest BCUT2D eigenvalue weighted by molar-refractivity contribution is 7.80. The minimum atomic E-state index is -0.521. The summed E-state index contributed by atoms with van der Waals surface area (Å²) in [5.41, 5.74) is 5.25. The van der Waals surface area contributed by atoms with E-state index in [1.807, 2.05) is 0 Å². The molecule has 16 heavy (non-hydrogen) atoms. The molecule has 3 nitrogen and oxygen atoms in total. The molecule has 2 rings (SSSR count). The van der Waals surface area contributed by atoms with Crippen LogP contribution in [0.25, 0.3) is 0 Å². The van der Waals surface area contributed by atoms with Gasteiger partial charge in [0.2, 0.25) is 5.91 Å². The normalized spacial score (nSPS) is 25.1. The van der Waals surface area contributed by atoms with Gasteiger partial charge < -0.3 is 11.1 Å². The molecule has 0 bridgehead atoms. The first-order chi connectivity index (χ1) is 7.55. The maximum absolute atomic E-state index is 12.3. The molecule has 0 radical (unpaired) electrons. The molecule has 0 aromatic carbocycles. The van der Waals surface area contributed by atoms with Gasteiger partial charge in [0.05, 0.1) is 10.4 Å². The Morgan fingerprint density at radius 3 is 2.12 bits per heavy atom. The molecule has 0 heterocycles. The van der Waals surface area contributed by atoms with Gasteiger partial charge in [-0.05, 0) is 38.5 Å². The molecular weight excluding hydrogens is 220 g/mol. The van der Waals surface area contributed by atoms with Gasteiger partial charge in [0, 0.05) is 5.54 Å². The predicted molar refractivity (Wildman–Crippen MR) is 68.1 cm³/mol. The first-order valence-electron chi connectivity index (χ1n) is 6.17. The largest absolute Gasteiger partial charge is 0.392 e. The quantitative estimate of drug-likeness (QED) is 0.738. The molecule has 2 aliphatic carbocycles. The Kier molecular flexibility index (Phi) is 2.95. The molecular formula is C12H20N2OS. The van der Waals surface area contributed by atoms with Gasteiger partial charge in [-0.15, -0.1) is 0 Å². The van der Waals surface area contributed by atoms with Crippen LogP contribution in [0.2, 0.25) is 0 Å². The molecule has 4 heteroatoms. The van der Waals surface area contributed by atoms with E-state index in [0.29, 0.717) is 4.99 Å². The highest BCUT2D eigenvalue weighted by Crippen LogP contribution is 2.43. The zero-order valence-corrected chi connectivity index (χ0v) is 10.7. The minimum Gasteiger partial charge on any atom is -0.392 e. The molecule has 0 aliphatic heterocycles. The van der Waals surface area contributed by atoms with E-state index < -0.39 is 5.41 Å². The van der Waals surface area contributed by atoms with Crippen LogP contribution >= 0.6 is 12.2 Å². The molecule has 90 valence electrons. The maximum atomic E-state index is 12.3. The Balaban J connectivity index is 2.04. The molecule has 2 saturated carbocycles. The fourth-order valence-electron chi connectivity index (χ4n) is 2.65. The first-order valence-corrected chi connectivity index (χ1v) is 6.58. The average Bonchev–Trinajstić information content (AvgIpc) is 2.08. The van der Waals surface area contributed by atoms with Crippen molar-refractivity contribution in [3.05, 3.63) is 0 Å². The highest BCUT2D eigenvalue weighted by atomic mass is 32.1. The number of rotatable bonds is 4. The van der Waals surface area contributed by atoms with E-state index >= 15 is 0 Å². The van der Waals surface area contributed by atoms with Crippen molar-refractivity contribution >= 4 is 23.1 Å². The number of carbonyl (C=O) groups is 1. The number of nitrogens with one attached hydrogen (secondary N) is 1. The Labute approximate surface area is 102 Å². The van der Waals surface area contributed by atoms with Crippen molar-refractivity contribution in [2.75, 3.05) is 0 Å². The second kappa shape index (κ2) is 3.99. The highest BCUT2D eigenvalue weighted by Gasteiger charge is 2.49. The SMILES string of the molecule is CCC1(NC(=O)C2(C(N)=S)CCC2)CCC1. The molecule has 0 atom stereocenters. The smallest absolute Gasteiger partial charge is 0.233 e. The van der Waals surface area contributed by atoms with E-state index in [9.17, 15) is 4.79 Å². The van der Waals surface area contributed by atoms with Gasteiger partial charge >= 0.3 is 0 Å². The van der Waals surface area contributed by atoms with Gasteiger partial charge in [0.1, 0.15) is 0 Å². The lowest BCUT2D eigenvalue weighted by atomic mass is 9.66. The summed E-state index contributed by atoms with van der Waals surface area (Å²) < 4.78 is 0. The summed E-state index contributed by atoms with van der Waals surface area (Å²) >= 11 is 5.05. The fraction of sp³-hybridized carbons (Fsp3) is 0.833. The van der Waals surface area contributed by atoms with Crippen molar-refractivity contribution < 1.29 is 4.79 Å². The van der Waals surface area contributed by atoms with Crippen LogP contribution in [0, 0.1) is 5.41 Å². The Morgan fingerprint density at radius 2 is 1.88 bits per heavy atom. The van der Waals surface area contributed by atoms with Crippen LogP contribution < -0.4 is 11.1 Å². The Morgan fingerprint density at radius 1 is 1.31 bits per heavy atom. The summed E-state index contributed by atoms with van der Waals surface area (Å²) in [6.07, 6.45) is 7.14. The van der Waals surface area contributed by atoms with Gasteiger partial charge in [0.25, 0.3) is 0 Å². The topological polar surface area (TPSA) is 55.1 Å². The molecule has 2 fully saturated rings. The molecule has 0 aromatic heterocycles. The number of hydrogen-bond acceptors (Lipinski definition) is 2. The van der Waals surface area contributed by atoms with Crippen molar-refractivity contribution in [1.82, 2.24) is 5.32 Å². The third-order valence-electron chi connectivity index (χ3n) is 4.48. The first kappa shape index (κ1) is 11.8. The summed E-state index contributed by atoms with van der Waals surface area (Å²) in [6, 6.07) is 0. The number of nitrogens with two attached hydrogens (primary N) is 1. The lowest BCUT2D eigenvalue weighted by molar-refractivity contribution is -0.134. The van der Waals surface area contributed by atoms with Gasteiger partial charge in [-0.25, -0.2) is 0 Å². The van der Waals surface area contributed by atoms with Gasteiger partial charge in [0.15, 0.2) is 0 Å². The van der Waals surface area contributed by atoms with Crippen LogP contribution in [-0.2, 0) is 4.79 Å². The Hall–Kier alpha value is -0.640. The van der Waals surface area contributed by atoms with Crippen molar-refractivity contribution in [1.29, 1.82) is 0 Å². The number of carbonyl (C=O) groups excluding carboxylic acids is 1. The second-order valence-corrected chi connectivity index (χ2v) is 5.68. The Bertz CT molecular complexity index is 313. The van der Waals surface area contributed by atoms with E-state index in [-0.39, 0.29) is 11.4 Å². The van der Waals surface area contributed by atoms with Crippen molar-refractivity contribution in [3.63, 3.8) is 0 Å². The molecule has 3 N–H and O–H groups in total. The standard InChI is InChI=1S/C12H20N2OS/c1-2-11(5-3-6-11)14-10(15)12(9(13)16)7-4-8-12/h2-8H2,1H3,(H2,13,16)(H,14,15). The van der Waals surface area contributed by atoms with E-state index in [1.165, 1.54) is 6.42 Å². The van der Waals surface area contributed by atoms with E-state index in [2.05, 4.69) is 12.2 Å². The summed E-state index contributed by atoms with van der Waals surface area (Å²) in [5, 5.41) is 3.20. The lowest BCUT2D eigenvalue weighted by Gasteiger charge is -2.47. The van der Waals surface area contributed by atoms with E-state index in [0.717, 1.165) is 38.5 Å². The number of hydrogen-bond donors (Lipinski definition) is 2. The number of amides is 1. The van der Waals surface area contributed by atoms with Gasteiger partial charge in [-0.1, -0.05) is 25.6 Å². The molecule has 0 unspecified atom stereocenters. The fourth-order valence-corrected chi connectivity index (χ4v) is 2.94. The third-order valence-corrected chi connectivity index (χ3v) is 4.87. The molecule has 1 amide bonds. The van der Waals surface area contributed by atoms with Gasteiger partial charge in [-0.3, -0.25) is 4.79 Å². The van der Waals surface area contributed by atoms with Crippen LogP contribution in [0.3, 0.4) is 0 Å². The predicted octanol–water partition coefficient (Wildman–Crippen LogP) is 1.89. The van der Waals surface area contributed by atoms with Crippen LogP contribution in [0.1, 0.15) is 51.9 Å². The molecule has 0 aromatic rings. The maximum Gasteiger partial charge on any atom is 0.233 e. The summed E-state index contributed by atoms with van der Waals surface area (Å²) in [6.45, 7) is 2.13. The average molecular weight is 240 g/mol. The summed E-state index contributed by atoms with van der Waals surface area (Å²) in [5.74, 6) is 0.0767. The van der Waals surface area contributed by atoms with Crippen molar-refractivity contribution in [2.24, 2.45) is 11.1 Å². The van der Waals surface area contributed by atoms with Crippen LogP contribution in [0.5, 0.6) is 0 Å². The third kappa shape index (κ3) is 1.63. The lowest BCUT2D eigenvalue weighted by Crippen LogP contribution is -2.61. The van der Waals surface area contributed by atoms with Crippen LogP contribution in [-0.4, -0.2) is 16.4 Å². The minimum absolute atomic E-state index is 0.0461. The van der Waals surface area contributed by atoms with E-state index in [1.54, 1.807) is 0 Å². The monoisotopic (exact) mass is 240 g/mol. The van der Waals surface area contributed by atoms with Gasteiger partial charge in [-0.2, -0.15) is 0 Å². The van der Waals surface area contributed by atoms with Crippen molar-refractivity contribution in [2.45, 2.75) is 57.4 Å².